The standard InChI is InChI=1S/C12H11N3O/c1-9-4-2-6-11(14-9)15-12(16)10-5-3-7-13-8-10/h2-8H,1H3,(H,14,15,16)/p+1. The van der Waals surface area contributed by atoms with Crippen LogP contribution in [0, 0.1) is 6.92 Å². The molecule has 2 rings (SSSR count). The van der Waals surface area contributed by atoms with Gasteiger partial charge < -0.3 is 5.32 Å². The first-order valence-electron chi connectivity index (χ1n) is 4.97. The third-order valence-electron chi connectivity index (χ3n) is 2.10. The smallest absolute Gasteiger partial charge is 0.262 e. The number of rotatable bonds is 2. The van der Waals surface area contributed by atoms with Crippen molar-refractivity contribution < 1.29 is 9.78 Å². The number of amides is 1. The molecule has 0 saturated carbocycles. The van der Waals surface area contributed by atoms with E-state index >= 15 is 0 Å². The second-order valence-electron chi connectivity index (χ2n) is 3.41. The fraction of sp³-hybridized carbons (Fsp3) is 0.0833. The topological polar surface area (TPSA) is 56.1 Å². The first-order valence-corrected chi connectivity index (χ1v) is 4.97. The van der Waals surface area contributed by atoms with Gasteiger partial charge in [0.05, 0.1) is 0 Å². The summed E-state index contributed by atoms with van der Waals surface area (Å²) in [6, 6.07) is 9.01. The summed E-state index contributed by atoms with van der Waals surface area (Å²) in [7, 11) is 0. The Bertz CT molecular complexity index is 497. The van der Waals surface area contributed by atoms with Crippen molar-refractivity contribution in [3.8, 4) is 0 Å². The highest BCUT2D eigenvalue weighted by Gasteiger charge is 2.08. The van der Waals surface area contributed by atoms with Crippen LogP contribution in [0.4, 0.5) is 5.82 Å². The van der Waals surface area contributed by atoms with E-state index in [2.05, 4.69) is 15.3 Å². The van der Waals surface area contributed by atoms with Gasteiger partial charge in [-0.2, -0.15) is 0 Å². The lowest BCUT2D eigenvalue weighted by Crippen LogP contribution is -2.15. The molecule has 0 aliphatic rings. The maximum atomic E-state index is 11.8. The van der Waals surface area contributed by atoms with Crippen molar-refractivity contribution in [2.24, 2.45) is 0 Å². The van der Waals surface area contributed by atoms with E-state index in [1.807, 2.05) is 19.1 Å². The average Bonchev–Trinajstić information content (AvgIpc) is 2.30. The molecule has 0 fully saturated rings. The summed E-state index contributed by atoms with van der Waals surface area (Å²) < 4.78 is 0. The van der Waals surface area contributed by atoms with Crippen molar-refractivity contribution in [1.82, 2.24) is 4.98 Å². The van der Waals surface area contributed by atoms with Crippen molar-refractivity contribution >= 4 is 11.7 Å². The van der Waals surface area contributed by atoms with Gasteiger partial charge in [-0.15, -0.1) is 0 Å². The number of carbonyl (C=O) groups excluding carboxylic acids is 1. The fourth-order valence-electron chi connectivity index (χ4n) is 1.34. The molecule has 0 spiro atoms. The minimum Gasteiger partial charge on any atom is -0.306 e. The van der Waals surface area contributed by atoms with Crippen molar-refractivity contribution in [3.63, 3.8) is 0 Å². The number of aromatic nitrogens is 2. The Morgan fingerprint density at radius 1 is 1.31 bits per heavy atom. The van der Waals surface area contributed by atoms with Gasteiger partial charge in [0.25, 0.3) is 5.91 Å². The Balaban J connectivity index is 2.14. The molecule has 16 heavy (non-hydrogen) atoms. The third-order valence-corrected chi connectivity index (χ3v) is 2.10. The highest BCUT2D eigenvalue weighted by Crippen LogP contribution is 2.05. The molecule has 2 heterocycles. The molecule has 80 valence electrons. The molecule has 2 aromatic heterocycles. The Morgan fingerprint density at radius 2 is 2.19 bits per heavy atom. The predicted molar refractivity (Wildman–Crippen MR) is 59.9 cm³/mol. The summed E-state index contributed by atoms with van der Waals surface area (Å²) in [5, 5.41) is 2.73. The van der Waals surface area contributed by atoms with E-state index < -0.39 is 0 Å². The second kappa shape index (κ2) is 4.53. The average molecular weight is 214 g/mol. The summed E-state index contributed by atoms with van der Waals surface area (Å²) in [6.45, 7) is 1.88. The normalized spacial score (nSPS) is 9.81. The zero-order chi connectivity index (χ0) is 11.4. The van der Waals surface area contributed by atoms with Gasteiger partial charge in [-0.1, -0.05) is 6.07 Å². The highest BCUT2D eigenvalue weighted by atomic mass is 16.1. The monoisotopic (exact) mass is 214 g/mol. The zero-order valence-corrected chi connectivity index (χ0v) is 8.90. The summed E-state index contributed by atoms with van der Waals surface area (Å²) >= 11 is 0. The number of hydrogen-bond acceptors (Lipinski definition) is 2. The Hall–Kier alpha value is -2.23. The molecule has 4 heteroatoms. The Kier molecular flexibility index (Phi) is 2.91. The number of carbonyl (C=O) groups is 1. The van der Waals surface area contributed by atoms with Crippen LogP contribution in [0.5, 0.6) is 0 Å². The van der Waals surface area contributed by atoms with Crippen LogP contribution < -0.4 is 10.3 Å². The lowest BCUT2D eigenvalue weighted by molar-refractivity contribution is -0.378. The predicted octanol–water partition coefficient (Wildman–Crippen LogP) is 1.46. The van der Waals surface area contributed by atoms with Crippen molar-refractivity contribution in [3.05, 3.63) is 54.0 Å². The largest absolute Gasteiger partial charge is 0.306 e. The van der Waals surface area contributed by atoms with Crippen LogP contribution in [0.3, 0.4) is 0 Å². The molecule has 0 unspecified atom stereocenters. The minimum absolute atomic E-state index is 0.171. The SMILES string of the molecule is Cc1cccc(NC(=O)c2ccc[nH+]c2)n1. The quantitative estimate of drug-likeness (QED) is 0.822. The molecule has 0 bridgehead atoms. The molecule has 4 nitrogen and oxygen atoms in total. The van der Waals surface area contributed by atoms with Crippen molar-refractivity contribution in [2.45, 2.75) is 6.92 Å². The van der Waals surface area contributed by atoms with Crippen LogP contribution in [-0.2, 0) is 0 Å². The van der Waals surface area contributed by atoms with E-state index in [1.54, 1.807) is 30.6 Å². The number of anilines is 1. The molecule has 0 saturated heterocycles. The molecule has 1 amide bonds. The van der Waals surface area contributed by atoms with Gasteiger partial charge in [0.2, 0.25) is 0 Å². The first-order chi connectivity index (χ1) is 7.75. The number of aryl methyl sites for hydroxylation is 1. The lowest BCUT2D eigenvalue weighted by Gasteiger charge is -2.03. The Labute approximate surface area is 93.4 Å². The number of aromatic amines is 1. The molecule has 0 aliphatic heterocycles. The summed E-state index contributed by atoms with van der Waals surface area (Å²) in [6.07, 6.45) is 3.40. The number of hydrogen-bond donors (Lipinski definition) is 1. The summed E-state index contributed by atoms with van der Waals surface area (Å²) in [4.78, 5) is 18.8. The summed E-state index contributed by atoms with van der Waals surface area (Å²) in [5.41, 5.74) is 1.45. The van der Waals surface area contributed by atoms with Crippen LogP contribution in [0.1, 0.15) is 16.1 Å². The molecular weight excluding hydrogens is 202 g/mol. The van der Waals surface area contributed by atoms with E-state index in [-0.39, 0.29) is 5.91 Å². The van der Waals surface area contributed by atoms with Gasteiger partial charge in [-0.25, -0.2) is 9.97 Å². The molecule has 0 radical (unpaired) electrons. The van der Waals surface area contributed by atoms with Crippen LogP contribution in [-0.4, -0.2) is 10.9 Å². The van der Waals surface area contributed by atoms with Gasteiger partial charge in [0.1, 0.15) is 11.4 Å². The number of nitrogens with zero attached hydrogens (tertiary/aromatic N) is 1. The fourth-order valence-corrected chi connectivity index (χ4v) is 1.34. The third kappa shape index (κ3) is 2.42. The zero-order valence-electron chi connectivity index (χ0n) is 8.90. The molecular formula is C12H12N3O+. The van der Waals surface area contributed by atoms with Gasteiger partial charge in [0, 0.05) is 11.8 Å². The Morgan fingerprint density at radius 3 is 2.88 bits per heavy atom. The van der Waals surface area contributed by atoms with Crippen LogP contribution in [0.2, 0.25) is 0 Å². The van der Waals surface area contributed by atoms with E-state index in [0.717, 1.165) is 5.69 Å². The van der Waals surface area contributed by atoms with Gasteiger partial charge in [0.15, 0.2) is 12.4 Å². The maximum Gasteiger partial charge on any atom is 0.262 e. The molecule has 0 aliphatic carbocycles. The van der Waals surface area contributed by atoms with Crippen LogP contribution >= 0.6 is 0 Å². The van der Waals surface area contributed by atoms with Crippen molar-refractivity contribution in [1.29, 1.82) is 0 Å². The van der Waals surface area contributed by atoms with Crippen LogP contribution in [0.15, 0.2) is 42.7 Å². The van der Waals surface area contributed by atoms with Crippen molar-refractivity contribution in [2.75, 3.05) is 5.32 Å². The molecule has 2 aromatic rings. The van der Waals surface area contributed by atoms with E-state index in [1.165, 1.54) is 0 Å². The van der Waals surface area contributed by atoms with E-state index in [9.17, 15) is 4.79 Å². The number of nitrogens with one attached hydrogen (secondary N) is 2. The second-order valence-corrected chi connectivity index (χ2v) is 3.41. The van der Waals surface area contributed by atoms with E-state index in [4.69, 9.17) is 0 Å². The molecule has 2 N–H and O–H groups in total. The van der Waals surface area contributed by atoms with Gasteiger partial charge in [-0.05, 0) is 25.1 Å². The minimum atomic E-state index is -0.171. The molecule has 0 atom stereocenters. The highest BCUT2D eigenvalue weighted by molar-refractivity contribution is 6.03. The van der Waals surface area contributed by atoms with Gasteiger partial charge >= 0.3 is 0 Å². The van der Waals surface area contributed by atoms with Gasteiger partial charge in [-0.3, -0.25) is 4.79 Å². The first kappa shape index (κ1) is 10.3. The lowest BCUT2D eigenvalue weighted by atomic mass is 10.2. The van der Waals surface area contributed by atoms with E-state index in [0.29, 0.717) is 11.4 Å². The number of H-pyrrole nitrogens is 1. The van der Waals surface area contributed by atoms with Crippen LogP contribution in [0.25, 0.3) is 0 Å². The number of pyridine rings is 2. The summed E-state index contributed by atoms with van der Waals surface area (Å²) in [5.74, 6) is 0.392. The maximum absolute atomic E-state index is 11.8. The molecule has 0 aromatic carbocycles.